The van der Waals surface area contributed by atoms with Crippen LogP contribution in [0.3, 0.4) is 0 Å². The van der Waals surface area contributed by atoms with Crippen LogP contribution in [0.5, 0.6) is 5.75 Å². The molecular formula is C19H20N2O. The van der Waals surface area contributed by atoms with Gasteiger partial charge in [0.15, 0.2) is 0 Å². The van der Waals surface area contributed by atoms with Gasteiger partial charge in [-0.05, 0) is 35.7 Å². The highest BCUT2D eigenvalue weighted by atomic mass is 16.5. The molecule has 0 N–H and O–H groups in total. The molecule has 3 nitrogen and oxygen atoms in total. The zero-order valence-electron chi connectivity index (χ0n) is 12.7. The largest absolute Gasteiger partial charge is 0.489 e. The van der Waals surface area contributed by atoms with Crippen molar-refractivity contribution in [2.45, 2.75) is 26.0 Å². The minimum absolute atomic E-state index is 0.276. The van der Waals surface area contributed by atoms with Crippen molar-refractivity contribution in [1.82, 2.24) is 9.78 Å². The van der Waals surface area contributed by atoms with Crippen molar-refractivity contribution < 1.29 is 4.74 Å². The molecule has 0 fully saturated rings. The lowest BCUT2D eigenvalue weighted by Crippen LogP contribution is -2.10. The maximum absolute atomic E-state index is 5.83. The number of hydrogen-bond acceptors (Lipinski definition) is 2. The van der Waals surface area contributed by atoms with Crippen molar-refractivity contribution in [3.63, 3.8) is 0 Å². The minimum Gasteiger partial charge on any atom is -0.489 e. The lowest BCUT2D eigenvalue weighted by Gasteiger charge is -2.16. The standard InChI is InChI=1S/C19H20N2O/c1-2-19(21-14-6-13-20-21)17-9-11-18(12-10-17)22-15-16-7-4-3-5-8-16/h3-14,19H,2,15H2,1H3. The third kappa shape index (κ3) is 3.37. The molecule has 0 saturated carbocycles. The van der Waals surface area contributed by atoms with Gasteiger partial charge in [-0.25, -0.2) is 0 Å². The summed E-state index contributed by atoms with van der Waals surface area (Å²) in [6.45, 7) is 2.77. The van der Waals surface area contributed by atoms with E-state index in [1.54, 1.807) is 0 Å². The summed E-state index contributed by atoms with van der Waals surface area (Å²) >= 11 is 0. The molecule has 1 unspecified atom stereocenters. The molecular weight excluding hydrogens is 272 g/mol. The van der Waals surface area contributed by atoms with Gasteiger partial charge in [0.05, 0.1) is 6.04 Å². The van der Waals surface area contributed by atoms with Gasteiger partial charge in [-0.15, -0.1) is 0 Å². The zero-order chi connectivity index (χ0) is 15.2. The van der Waals surface area contributed by atoms with Crippen molar-refractivity contribution in [2.75, 3.05) is 0 Å². The van der Waals surface area contributed by atoms with Crippen LogP contribution in [0.2, 0.25) is 0 Å². The molecule has 112 valence electrons. The lowest BCUT2D eigenvalue weighted by atomic mass is 10.0. The highest BCUT2D eigenvalue weighted by molar-refractivity contribution is 5.30. The molecule has 0 saturated heterocycles. The highest BCUT2D eigenvalue weighted by Crippen LogP contribution is 2.23. The van der Waals surface area contributed by atoms with Crippen LogP contribution >= 0.6 is 0 Å². The van der Waals surface area contributed by atoms with E-state index in [0.717, 1.165) is 12.2 Å². The molecule has 3 heteroatoms. The Morgan fingerprint density at radius 1 is 1.00 bits per heavy atom. The average Bonchev–Trinajstić information content (AvgIpc) is 3.10. The fourth-order valence-electron chi connectivity index (χ4n) is 2.57. The van der Waals surface area contributed by atoms with Crippen LogP contribution in [0.25, 0.3) is 0 Å². The topological polar surface area (TPSA) is 27.1 Å². The van der Waals surface area contributed by atoms with E-state index in [9.17, 15) is 0 Å². The summed E-state index contributed by atoms with van der Waals surface area (Å²) in [5, 5.41) is 4.35. The number of ether oxygens (including phenoxy) is 1. The summed E-state index contributed by atoms with van der Waals surface area (Å²) in [6, 6.07) is 20.7. The predicted molar refractivity (Wildman–Crippen MR) is 87.9 cm³/mol. The molecule has 0 radical (unpaired) electrons. The number of hydrogen-bond donors (Lipinski definition) is 0. The number of nitrogens with zero attached hydrogens (tertiary/aromatic N) is 2. The molecule has 0 spiro atoms. The summed E-state index contributed by atoms with van der Waals surface area (Å²) < 4.78 is 7.83. The molecule has 0 bridgehead atoms. The van der Waals surface area contributed by atoms with Crippen LogP contribution < -0.4 is 4.74 Å². The van der Waals surface area contributed by atoms with E-state index in [0.29, 0.717) is 6.61 Å². The Kier molecular flexibility index (Phi) is 4.54. The summed E-state index contributed by atoms with van der Waals surface area (Å²) in [7, 11) is 0. The Morgan fingerprint density at radius 3 is 2.41 bits per heavy atom. The van der Waals surface area contributed by atoms with Gasteiger partial charge in [0.2, 0.25) is 0 Å². The molecule has 0 aliphatic rings. The SMILES string of the molecule is CCC(c1ccc(OCc2ccccc2)cc1)n1cccn1. The van der Waals surface area contributed by atoms with Gasteiger partial charge in [0.25, 0.3) is 0 Å². The molecule has 22 heavy (non-hydrogen) atoms. The van der Waals surface area contributed by atoms with E-state index in [2.05, 4.69) is 36.3 Å². The maximum atomic E-state index is 5.83. The van der Waals surface area contributed by atoms with Gasteiger partial charge in [0, 0.05) is 12.4 Å². The Labute approximate surface area is 131 Å². The van der Waals surface area contributed by atoms with E-state index in [1.807, 2.05) is 53.5 Å². The highest BCUT2D eigenvalue weighted by Gasteiger charge is 2.11. The number of aromatic nitrogens is 2. The fourth-order valence-corrected chi connectivity index (χ4v) is 2.57. The molecule has 2 aromatic carbocycles. The van der Waals surface area contributed by atoms with Gasteiger partial charge in [-0.2, -0.15) is 5.10 Å². The van der Waals surface area contributed by atoms with Crippen LogP contribution in [0.4, 0.5) is 0 Å². The minimum atomic E-state index is 0.276. The van der Waals surface area contributed by atoms with Gasteiger partial charge < -0.3 is 4.74 Å². The van der Waals surface area contributed by atoms with Crippen molar-refractivity contribution in [2.24, 2.45) is 0 Å². The average molecular weight is 292 g/mol. The molecule has 0 amide bonds. The van der Waals surface area contributed by atoms with Gasteiger partial charge in [-0.1, -0.05) is 49.4 Å². The van der Waals surface area contributed by atoms with Gasteiger partial charge >= 0.3 is 0 Å². The molecule has 1 atom stereocenters. The quantitative estimate of drug-likeness (QED) is 0.670. The van der Waals surface area contributed by atoms with E-state index >= 15 is 0 Å². The molecule has 3 aromatic rings. The van der Waals surface area contributed by atoms with Gasteiger partial charge in [-0.3, -0.25) is 4.68 Å². The number of rotatable bonds is 6. The fraction of sp³-hybridized carbons (Fsp3) is 0.211. The first-order chi connectivity index (χ1) is 10.9. The number of benzene rings is 2. The second kappa shape index (κ2) is 6.94. The zero-order valence-corrected chi connectivity index (χ0v) is 12.7. The summed E-state index contributed by atoms with van der Waals surface area (Å²) in [5.41, 5.74) is 2.42. The molecule has 1 heterocycles. The van der Waals surface area contributed by atoms with Gasteiger partial charge in [0.1, 0.15) is 12.4 Å². The first-order valence-corrected chi connectivity index (χ1v) is 7.62. The second-order valence-corrected chi connectivity index (χ2v) is 5.25. The Bertz CT molecular complexity index is 675. The molecule has 1 aromatic heterocycles. The molecule has 0 aliphatic heterocycles. The third-order valence-electron chi connectivity index (χ3n) is 3.74. The maximum Gasteiger partial charge on any atom is 0.119 e. The first kappa shape index (κ1) is 14.4. The van der Waals surface area contributed by atoms with E-state index < -0.39 is 0 Å². The van der Waals surface area contributed by atoms with E-state index in [1.165, 1.54) is 11.1 Å². The lowest BCUT2D eigenvalue weighted by molar-refractivity contribution is 0.306. The van der Waals surface area contributed by atoms with E-state index in [4.69, 9.17) is 4.74 Å². The van der Waals surface area contributed by atoms with Crippen LogP contribution in [-0.4, -0.2) is 9.78 Å². The second-order valence-electron chi connectivity index (χ2n) is 5.25. The van der Waals surface area contributed by atoms with Crippen LogP contribution in [-0.2, 0) is 6.61 Å². The monoisotopic (exact) mass is 292 g/mol. The summed E-state index contributed by atoms with van der Waals surface area (Å²) in [4.78, 5) is 0. The Morgan fingerprint density at radius 2 is 1.77 bits per heavy atom. The summed E-state index contributed by atoms with van der Waals surface area (Å²) in [6.07, 6.45) is 4.83. The molecule has 0 aliphatic carbocycles. The van der Waals surface area contributed by atoms with Crippen LogP contribution in [0.15, 0.2) is 73.1 Å². The van der Waals surface area contributed by atoms with Crippen molar-refractivity contribution in [1.29, 1.82) is 0 Å². The Hall–Kier alpha value is -2.55. The normalized spacial score (nSPS) is 12.0. The van der Waals surface area contributed by atoms with Crippen molar-refractivity contribution in [3.05, 3.63) is 84.2 Å². The summed E-state index contributed by atoms with van der Waals surface area (Å²) in [5.74, 6) is 0.892. The predicted octanol–water partition coefficient (Wildman–Crippen LogP) is 4.46. The van der Waals surface area contributed by atoms with Crippen molar-refractivity contribution in [3.8, 4) is 5.75 Å². The van der Waals surface area contributed by atoms with Crippen molar-refractivity contribution >= 4 is 0 Å². The van der Waals surface area contributed by atoms with E-state index in [-0.39, 0.29) is 6.04 Å². The third-order valence-corrected chi connectivity index (χ3v) is 3.74. The van der Waals surface area contributed by atoms with Crippen LogP contribution in [0.1, 0.15) is 30.5 Å². The smallest absolute Gasteiger partial charge is 0.119 e. The molecule has 3 rings (SSSR count). The Balaban J connectivity index is 1.67. The van der Waals surface area contributed by atoms with Crippen LogP contribution in [0, 0.1) is 0 Å². The first-order valence-electron chi connectivity index (χ1n) is 7.62.